The monoisotopic (exact) mass is 198 g/mol. The molecule has 0 radical (unpaired) electrons. The summed E-state index contributed by atoms with van der Waals surface area (Å²) in [5.74, 6) is 0. The van der Waals surface area contributed by atoms with Gasteiger partial charge in [-0.05, 0) is 39.5 Å². The summed E-state index contributed by atoms with van der Waals surface area (Å²) in [5.41, 5.74) is -0.0478. The molecule has 0 atom stereocenters. The Labute approximate surface area is 86.9 Å². The Morgan fingerprint density at radius 1 is 1.50 bits per heavy atom. The van der Waals surface area contributed by atoms with Crippen molar-refractivity contribution in [1.29, 1.82) is 0 Å². The number of amides is 2. The van der Waals surface area contributed by atoms with Crippen LogP contribution in [-0.4, -0.2) is 29.6 Å². The van der Waals surface area contributed by atoms with Crippen molar-refractivity contribution in [2.24, 2.45) is 0 Å². The summed E-state index contributed by atoms with van der Waals surface area (Å²) in [4.78, 5) is 13.6. The molecule has 1 aliphatic carbocycles. The number of nitrogens with one attached hydrogen (secondary N) is 1. The van der Waals surface area contributed by atoms with Gasteiger partial charge in [-0.2, -0.15) is 0 Å². The third kappa shape index (κ3) is 2.40. The van der Waals surface area contributed by atoms with Crippen LogP contribution in [0.1, 0.15) is 46.5 Å². The molecule has 0 aromatic rings. The van der Waals surface area contributed by atoms with Gasteiger partial charge in [0.25, 0.3) is 0 Å². The van der Waals surface area contributed by atoms with E-state index in [2.05, 4.69) is 26.1 Å². The molecule has 0 aromatic carbocycles. The van der Waals surface area contributed by atoms with Crippen LogP contribution in [0.3, 0.4) is 0 Å². The van der Waals surface area contributed by atoms with Crippen LogP contribution in [0.15, 0.2) is 0 Å². The highest BCUT2D eigenvalue weighted by Gasteiger charge is 2.28. The topological polar surface area (TPSA) is 32.3 Å². The van der Waals surface area contributed by atoms with E-state index < -0.39 is 0 Å². The lowest BCUT2D eigenvalue weighted by Gasteiger charge is -2.37. The third-order valence-corrected chi connectivity index (χ3v) is 3.51. The molecule has 1 rings (SSSR count). The maximum atomic E-state index is 11.8. The Hall–Kier alpha value is -0.730. The molecule has 0 aromatic heterocycles. The van der Waals surface area contributed by atoms with E-state index in [-0.39, 0.29) is 11.6 Å². The second-order valence-electron chi connectivity index (χ2n) is 4.80. The van der Waals surface area contributed by atoms with E-state index in [4.69, 9.17) is 0 Å². The van der Waals surface area contributed by atoms with Gasteiger partial charge in [-0.15, -0.1) is 0 Å². The first kappa shape index (κ1) is 11.3. The molecule has 2 amide bonds. The second-order valence-corrected chi connectivity index (χ2v) is 4.80. The van der Waals surface area contributed by atoms with Gasteiger partial charge in [0.15, 0.2) is 0 Å². The average Bonchev–Trinajstić information content (AvgIpc) is 2.09. The van der Waals surface area contributed by atoms with E-state index in [1.807, 2.05) is 11.9 Å². The summed E-state index contributed by atoms with van der Waals surface area (Å²) in [6.45, 7) is 6.29. The van der Waals surface area contributed by atoms with Crippen molar-refractivity contribution >= 4 is 6.03 Å². The molecule has 0 saturated heterocycles. The molecule has 3 heteroatoms. The number of carbonyl (C=O) groups is 1. The van der Waals surface area contributed by atoms with Gasteiger partial charge in [0, 0.05) is 18.6 Å². The van der Waals surface area contributed by atoms with Crippen molar-refractivity contribution in [2.75, 3.05) is 7.05 Å². The fraction of sp³-hybridized carbons (Fsp3) is 0.909. The lowest BCUT2D eigenvalue weighted by Crippen LogP contribution is -2.52. The third-order valence-electron chi connectivity index (χ3n) is 3.51. The Kier molecular flexibility index (Phi) is 3.40. The highest BCUT2D eigenvalue weighted by Crippen LogP contribution is 2.20. The summed E-state index contributed by atoms with van der Waals surface area (Å²) in [6, 6.07) is 0.499. The Morgan fingerprint density at radius 2 is 2.07 bits per heavy atom. The molecule has 0 heterocycles. The van der Waals surface area contributed by atoms with E-state index in [0.29, 0.717) is 6.04 Å². The van der Waals surface area contributed by atoms with Crippen LogP contribution in [0, 0.1) is 0 Å². The standard InChI is InChI=1S/C11H22N2O/c1-5-11(2,3)13(4)10(14)12-9-7-6-8-9/h9H,5-8H2,1-4H3,(H,12,14). The van der Waals surface area contributed by atoms with Crippen LogP contribution in [0.4, 0.5) is 4.79 Å². The molecule has 1 N–H and O–H groups in total. The smallest absolute Gasteiger partial charge is 0.317 e. The molecule has 1 saturated carbocycles. The Morgan fingerprint density at radius 3 is 2.43 bits per heavy atom. The van der Waals surface area contributed by atoms with Crippen LogP contribution in [0.5, 0.6) is 0 Å². The molecular formula is C11H22N2O. The number of urea groups is 1. The molecule has 1 aliphatic rings. The predicted octanol–water partition coefficient (Wildman–Crippen LogP) is 2.37. The van der Waals surface area contributed by atoms with E-state index in [1.165, 1.54) is 6.42 Å². The maximum absolute atomic E-state index is 11.8. The molecule has 0 spiro atoms. The minimum absolute atomic E-state index is 0.0478. The highest BCUT2D eigenvalue weighted by molar-refractivity contribution is 5.75. The summed E-state index contributed by atoms with van der Waals surface area (Å²) >= 11 is 0. The van der Waals surface area contributed by atoms with Crippen molar-refractivity contribution in [2.45, 2.75) is 58.0 Å². The van der Waals surface area contributed by atoms with Gasteiger partial charge in [0.2, 0.25) is 0 Å². The number of carbonyl (C=O) groups excluding carboxylic acids is 1. The SMILES string of the molecule is CCC(C)(C)N(C)C(=O)NC1CCC1. The zero-order valence-corrected chi connectivity index (χ0v) is 9.76. The van der Waals surface area contributed by atoms with Gasteiger partial charge in [-0.1, -0.05) is 6.92 Å². The van der Waals surface area contributed by atoms with E-state index in [0.717, 1.165) is 19.3 Å². The number of nitrogens with zero attached hydrogens (tertiary/aromatic N) is 1. The molecule has 0 unspecified atom stereocenters. The number of rotatable bonds is 3. The van der Waals surface area contributed by atoms with Gasteiger partial charge >= 0.3 is 6.03 Å². The van der Waals surface area contributed by atoms with Gasteiger partial charge < -0.3 is 10.2 Å². The average molecular weight is 198 g/mol. The lowest BCUT2D eigenvalue weighted by molar-refractivity contribution is 0.145. The van der Waals surface area contributed by atoms with Crippen molar-refractivity contribution in [3.63, 3.8) is 0 Å². The second kappa shape index (κ2) is 4.20. The lowest BCUT2D eigenvalue weighted by atomic mass is 9.93. The van der Waals surface area contributed by atoms with Crippen LogP contribution in [0.2, 0.25) is 0 Å². The van der Waals surface area contributed by atoms with Crippen LogP contribution in [-0.2, 0) is 0 Å². The first-order valence-corrected chi connectivity index (χ1v) is 5.51. The first-order chi connectivity index (χ1) is 6.47. The van der Waals surface area contributed by atoms with Crippen molar-refractivity contribution in [3.8, 4) is 0 Å². The summed E-state index contributed by atoms with van der Waals surface area (Å²) in [6.07, 6.45) is 4.52. The first-order valence-electron chi connectivity index (χ1n) is 5.51. The fourth-order valence-electron chi connectivity index (χ4n) is 1.34. The molecule has 14 heavy (non-hydrogen) atoms. The van der Waals surface area contributed by atoms with Crippen molar-refractivity contribution < 1.29 is 4.79 Å². The molecule has 0 bridgehead atoms. The molecule has 82 valence electrons. The zero-order valence-electron chi connectivity index (χ0n) is 9.76. The minimum Gasteiger partial charge on any atom is -0.335 e. The maximum Gasteiger partial charge on any atom is 0.317 e. The van der Waals surface area contributed by atoms with Gasteiger partial charge in [-0.3, -0.25) is 0 Å². The predicted molar refractivity (Wildman–Crippen MR) is 58.3 cm³/mol. The summed E-state index contributed by atoms with van der Waals surface area (Å²) < 4.78 is 0. The normalized spacial score (nSPS) is 17.4. The van der Waals surface area contributed by atoms with Gasteiger partial charge in [0.05, 0.1) is 0 Å². The largest absolute Gasteiger partial charge is 0.335 e. The highest BCUT2D eigenvalue weighted by atomic mass is 16.2. The quantitative estimate of drug-likeness (QED) is 0.742. The minimum atomic E-state index is -0.0478. The molecule has 0 aliphatic heterocycles. The summed E-state index contributed by atoms with van der Waals surface area (Å²) in [7, 11) is 1.87. The van der Waals surface area contributed by atoms with Gasteiger partial charge in [-0.25, -0.2) is 4.79 Å². The van der Waals surface area contributed by atoms with Crippen molar-refractivity contribution in [3.05, 3.63) is 0 Å². The van der Waals surface area contributed by atoms with E-state index in [1.54, 1.807) is 0 Å². The summed E-state index contributed by atoms with van der Waals surface area (Å²) in [5, 5.41) is 3.04. The number of hydrogen-bond acceptors (Lipinski definition) is 1. The zero-order chi connectivity index (χ0) is 10.8. The Bertz CT molecular complexity index is 209. The van der Waals surface area contributed by atoms with Crippen LogP contribution in [0.25, 0.3) is 0 Å². The van der Waals surface area contributed by atoms with Crippen LogP contribution >= 0.6 is 0 Å². The molecule has 3 nitrogen and oxygen atoms in total. The number of hydrogen-bond donors (Lipinski definition) is 1. The fourth-order valence-corrected chi connectivity index (χ4v) is 1.34. The Balaban J connectivity index is 2.42. The molecule has 1 fully saturated rings. The van der Waals surface area contributed by atoms with Crippen LogP contribution < -0.4 is 5.32 Å². The van der Waals surface area contributed by atoms with Crippen molar-refractivity contribution in [1.82, 2.24) is 10.2 Å². The van der Waals surface area contributed by atoms with E-state index in [9.17, 15) is 4.79 Å². The van der Waals surface area contributed by atoms with E-state index >= 15 is 0 Å². The van der Waals surface area contributed by atoms with Gasteiger partial charge in [0.1, 0.15) is 0 Å². The molecular weight excluding hydrogens is 176 g/mol.